The summed E-state index contributed by atoms with van der Waals surface area (Å²) in [5, 5.41) is 2.01. The lowest BCUT2D eigenvalue weighted by Crippen LogP contribution is -2.70. The third-order valence-corrected chi connectivity index (χ3v) is 20.1. The molecule has 2 bridgehead atoms. The van der Waals surface area contributed by atoms with Gasteiger partial charge in [-0.1, -0.05) is 59.6 Å². The number of carbonyl (C=O) groups is 1. The fourth-order valence-corrected chi connectivity index (χ4v) is 16.3. The minimum absolute atomic E-state index is 0.00585. The van der Waals surface area contributed by atoms with E-state index in [4.69, 9.17) is 33.9 Å². The Morgan fingerprint density at radius 1 is 1.02 bits per heavy atom. The molecular formula is C48H62F2N6O5Si. The van der Waals surface area contributed by atoms with Crippen molar-refractivity contribution in [2.75, 3.05) is 51.6 Å². The number of hydrogen-bond donors (Lipinski definition) is 0. The van der Waals surface area contributed by atoms with E-state index in [1.807, 2.05) is 45.0 Å². The number of benzene rings is 2. The number of rotatable bonds is 11. The molecule has 332 valence electrons. The van der Waals surface area contributed by atoms with Gasteiger partial charge in [0.25, 0.3) is 0 Å². The topological polar surface area (TPSA) is 102 Å². The number of hydrogen-bond acceptors (Lipinski definition) is 10. The zero-order valence-electron chi connectivity index (χ0n) is 38.0. The van der Waals surface area contributed by atoms with Crippen LogP contribution in [0.25, 0.3) is 32.9 Å². The molecule has 2 aromatic heterocycles. The number of piperidine rings is 1. The molecule has 62 heavy (non-hydrogen) atoms. The van der Waals surface area contributed by atoms with Crippen LogP contribution in [-0.2, 0) is 9.47 Å². The second kappa shape index (κ2) is 16.8. The lowest BCUT2D eigenvalue weighted by Gasteiger charge is -2.56. The van der Waals surface area contributed by atoms with E-state index in [9.17, 15) is 9.18 Å². The van der Waals surface area contributed by atoms with Crippen molar-refractivity contribution in [3.05, 3.63) is 47.9 Å². The lowest BCUT2D eigenvalue weighted by atomic mass is 9.88. The van der Waals surface area contributed by atoms with Gasteiger partial charge < -0.3 is 23.8 Å². The summed E-state index contributed by atoms with van der Waals surface area (Å²) in [7, 11) is -0.579. The number of ether oxygens (including phenoxy) is 4. The Hall–Kier alpha value is -4.58. The zero-order chi connectivity index (χ0) is 44.3. The number of aromatic nitrogens is 3. The average Bonchev–Trinajstić information content (AvgIpc) is 3.73. The molecule has 2 aromatic carbocycles. The van der Waals surface area contributed by atoms with Crippen LogP contribution in [0.15, 0.2) is 36.5 Å². The summed E-state index contributed by atoms with van der Waals surface area (Å²) in [5.41, 5.74) is 5.52. The number of carbonyl (C=O) groups excluding carboxylic acids is 1. The summed E-state index contributed by atoms with van der Waals surface area (Å²) in [5.74, 6) is 3.97. The van der Waals surface area contributed by atoms with Crippen molar-refractivity contribution in [2.24, 2.45) is 0 Å². The van der Waals surface area contributed by atoms with E-state index in [-0.39, 0.29) is 48.8 Å². The normalized spacial score (nSPS) is 22.7. The van der Waals surface area contributed by atoms with Gasteiger partial charge in [-0.15, -0.1) is 5.54 Å². The molecule has 9 rings (SSSR count). The molecule has 5 saturated heterocycles. The van der Waals surface area contributed by atoms with E-state index < -0.39 is 31.2 Å². The highest BCUT2D eigenvalue weighted by Crippen LogP contribution is 2.44. The molecule has 7 heterocycles. The summed E-state index contributed by atoms with van der Waals surface area (Å²) < 4.78 is 56.0. The molecule has 2 unspecified atom stereocenters. The van der Waals surface area contributed by atoms with Gasteiger partial charge in [-0.2, -0.15) is 9.97 Å². The van der Waals surface area contributed by atoms with E-state index in [0.29, 0.717) is 65.2 Å². The highest BCUT2D eigenvalue weighted by Gasteiger charge is 2.51. The first-order valence-electron chi connectivity index (χ1n) is 22.3. The highest BCUT2D eigenvalue weighted by atomic mass is 28.3. The van der Waals surface area contributed by atoms with Gasteiger partial charge in [0.05, 0.1) is 23.0 Å². The van der Waals surface area contributed by atoms with Crippen molar-refractivity contribution < 1.29 is 32.5 Å². The molecule has 0 saturated carbocycles. The molecule has 5 fully saturated rings. The first-order chi connectivity index (χ1) is 29.4. The van der Waals surface area contributed by atoms with Gasteiger partial charge in [0, 0.05) is 55.9 Å². The molecule has 14 heteroatoms. The van der Waals surface area contributed by atoms with Crippen LogP contribution < -0.4 is 14.4 Å². The summed E-state index contributed by atoms with van der Waals surface area (Å²) >= 11 is 0. The van der Waals surface area contributed by atoms with E-state index in [1.165, 1.54) is 0 Å². The summed E-state index contributed by atoms with van der Waals surface area (Å²) in [6.07, 6.45) is 3.33. The number of fused-ring (bicyclic) bond motifs is 5. The van der Waals surface area contributed by atoms with Crippen LogP contribution in [0.1, 0.15) is 93.6 Å². The van der Waals surface area contributed by atoms with E-state index in [1.54, 1.807) is 24.3 Å². The van der Waals surface area contributed by atoms with Crippen molar-refractivity contribution in [2.45, 2.75) is 134 Å². The second-order valence-corrected chi connectivity index (χ2v) is 25.4. The lowest BCUT2D eigenvalue weighted by molar-refractivity contribution is -0.0380. The first kappa shape index (κ1) is 44.0. The number of halogens is 2. The van der Waals surface area contributed by atoms with Crippen molar-refractivity contribution in [3.8, 4) is 34.5 Å². The summed E-state index contributed by atoms with van der Waals surface area (Å²) in [6.45, 7) is 21.6. The molecule has 5 aliphatic rings. The summed E-state index contributed by atoms with van der Waals surface area (Å²) in [6, 6.07) is 9.47. The van der Waals surface area contributed by atoms with Gasteiger partial charge in [0.15, 0.2) is 12.6 Å². The molecule has 1 amide bonds. The fourth-order valence-electron chi connectivity index (χ4n) is 11.1. The zero-order valence-corrected chi connectivity index (χ0v) is 39.0. The number of anilines is 1. The molecule has 0 radical (unpaired) electrons. The minimum Gasteiger partial charge on any atom is -0.468 e. The minimum atomic E-state index is -2.13. The molecule has 11 nitrogen and oxygen atoms in total. The molecule has 0 aliphatic carbocycles. The van der Waals surface area contributed by atoms with Crippen LogP contribution in [-0.4, -0.2) is 115 Å². The third-order valence-electron chi connectivity index (χ3n) is 13.8. The van der Waals surface area contributed by atoms with E-state index in [2.05, 4.69) is 62.8 Å². The number of nitrogens with zero attached hydrogens (tertiary/aromatic N) is 6. The Labute approximate surface area is 365 Å². The van der Waals surface area contributed by atoms with Crippen LogP contribution in [0, 0.1) is 17.3 Å². The standard InChI is InChI=1S/C48H62F2N6O5Si/c1-29(2)62(30(3)4,31(5)6)18-15-32-13-11-14-33-19-37(60-28-58-10)21-38(40(32)33)42-41(50)43-39(23-51-42)44(54-25-35-20-36(26-54)56(35)46(57)61-47(7,8)9)53-45(52-43)59-27-48-16-12-17-55(48)24-34(49)22-48/h11,13-14,19,21,23,29-31,34-36H,12,16-17,20,22,24-28H2,1-10H3/t34-,35?,36?,48+/m1/s1. The van der Waals surface area contributed by atoms with Gasteiger partial charge in [-0.3, -0.25) is 14.8 Å². The Balaban J connectivity index is 1.26. The fraction of sp³-hybridized carbons (Fsp3) is 0.583. The van der Waals surface area contributed by atoms with Gasteiger partial charge in [-0.05, 0) is 86.8 Å². The monoisotopic (exact) mass is 868 g/mol. The molecule has 0 N–H and O–H groups in total. The maximum absolute atomic E-state index is 17.8. The molecule has 5 aliphatic heterocycles. The Morgan fingerprint density at radius 3 is 2.42 bits per heavy atom. The predicted octanol–water partition coefficient (Wildman–Crippen LogP) is 9.69. The van der Waals surface area contributed by atoms with Crippen molar-refractivity contribution in [3.63, 3.8) is 0 Å². The van der Waals surface area contributed by atoms with Gasteiger partial charge in [0.2, 0.25) is 0 Å². The van der Waals surface area contributed by atoms with Gasteiger partial charge in [0.1, 0.15) is 49.2 Å². The van der Waals surface area contributed by atoms with Gasteiger partial charge >= 0.3 is 12.1 Å². The molecule has 0 spiro atoms. The third kappa shape index (κ3) is 7.98. The predicted molar refractivity (Wildman–Crippen MR) is 242 cm³/mol. The SMILES string of the molecule is COCOc1cc(-c2ncc3c(N4CC5CC(C4)N5C(=O)OC(C)(C)C)nc(OC[C@@]45CCCN4C[C@H](F)C5)nc3c2F)c2c(C#C[Si](C(C)C)(C(C)C)C(C)C)cccc2c1. The number of pyridine rings is 1. The average molecular weight is 869 g/mol. The van der Waals surface area contributed by atoms with Crippen molar-refractivity contribution >= 4 is 41.7 Å². The second-order valence-electron chi connectivity index (χ2n) is 19.8. The number of alkyl halides is 1. The molecule has 4 atom stereocenters. The Morgan fingerprint density at radius 2 is 1.74 bits per heavy atom. The van der Waals surface area contributed by atoms with Crippen molar-refractivity contribution in [1.82, 2.24) is 24.8 Å². The highest BCUT2D eigenvalue weighted by molar-refractivity contribution is 6.90. The van der Waals surface area contributed by atoms with Crippen molar-refractivity contribution in [1.29, 1.82) is 0 Å². The van der Waals surface area contributed by atoms with E-state index >= 15 is 4.39 Å². The van der Waals surface area contributed by atoms with Crippen LogP contribution >= 0.6 is 0 Å². The quantitative estimate of drug-likeness (QED) is 0.0823. The largest absolute Gasteiger partial charge is 0.468 e. The number of piperazine rings is 1. The Bertz CT molecular complexity index is 2380. The Kier molecular flexibility index (Phi) is 12.0. The number of methoxy groups -OCH3 is 1. The molecular weight excluding hydrogens is 807 g/mol. The number of amides is 1. The molecule has 4 aromatic rings. The summed E-state index contributed by atoms with van der Waals surface area (Å²) in [4.78, 5) is 33.8. The maximum Gasteiger partial charge on any atom is 0.410 e. The van der Waals surface area contributed by atoms with E-state index in [0.717, 1.165) is 42.1 Å². The maximum atomic E-state index is 17.8. The van der Waals surface area contributed by atoms with Crippen LogP contribution in [0.3, 0.4) is 0 Å². The smallest absolute Gasteiger partial charge is 0.410 e. The van der Waals surface area contributed by atoms with Crippen LogP contribution in [0.5, 0.6) is 11.8 Å². The van der Waals surface area contributed by atoms with Crippen LogP contribution in [0.2, 0.25) is 16.6 Å². The first-order valence-corrected chi connectivity index (χ1v) is 24.5. The van der Waals surface area contributed by atoms with Gasteiger partial charge in [-0.25, -0.2) is 13.6 Å². The van der Waals surface area contributed by atoms with Crippen LogP contribution in [0.4, 0.5) is 19.4 Å².